The monoisotopic (exact) mass is 388 g/mol. The number of benzene rings is 2. The minimum Gasteiger partial charge on any atom is -0.496 e. The zero-order valence-corrected chi connectivity index (χ0v) is 16.5. The lowest BCUT2D eigenvalue weighted by Gasteiger charge is -2.44. The highest BCUT2D eigenvalue weighted by Crippen LogP contribution is 2.40. The van der Waals surface area contributed by atoms with Crippen LogP contribution in [0.15, 0.2) is 54.6 Å². The number of rotatable bonds is 4. The van der Waals surface area contributed by atoms with E-state index in [4.69, 9.17) is 9.47 Å². The topological polar surface area (TPSA) is 62.6 Å². The summed E-state index contributed by atoms with van der Waals surface area (Å²) in [6, 6.07) is 17.5. The van der Waals surface area contributed by atoms with E-state index in [9.17, 15) is 10.1 Å². The van der Waals surface area contributed by atoms with Gasteiger partial charge < -0.3 is 9.47 Å². The summed E-state index contributed by atoms with van der Waals surface area (Å²) in [6.07, 6.45) is 5.60. The van der Waals surface area contributed by atoms with Crippen molar-refractivity contribution in [1.82, 2.24) is 4.90 Å². The summed E-state index contributed by atoms with van der Waals surface area (Å²) in [5.41, 5.74) is 3.68. The molecule has 0 spiro atoms. The van der Waals surface area contributed by atoms with Gasteiger partial charge in [-0.2, -0.15) is 5.26 Å². The first kappa shape index (κ1) is 19.1. The van der Waals surface area contributed by atoms with Crippen molar-refractivity contribution in [2.75, 3.05) is 7.11 Å². The van der Waals surface area contributed by atoms with Crippen molar-refractivity contribution in [3.8, 4) is 11.8 Å². The lowest BCUT2D eigenvalue weighted by molar-refractivity contribution is 0.0510. The Bertz CT molecular complexity index is 962. The van der Waals surface area contributed by atoms with E-state index in [0.29, 0.717) is 5.56 Å². The number of nitrogens with zero attached hydrogens (tertiary/aromatic N) is 2. The van der Waals surface area contributed by atoms with Gasteiger partial charge in [-0.15, -0.1) is 0 Å². The zero-order valence-electron chi connectivity index (χ0n) is 16.5. The van der Waals surface area contributed by atoms with Crippen LogP contribution in [0.5, 0.6) is 5.75 Å². The maximum atomic E-state index is 12.9. The first-order valence-electron chi connectivity index (χ1n) is 9.98. The van der Waals surface area contributed by atoms with Crippen LogP contribution in [0.4, 0.5) is 4.79 Å². The van der Waals surface area contributed by atoms with Crippen LogP contribution in [-0.4, -0.2) is 30.2 Å². The molecule has 4 rings (SSSR count). The molecule has 29 heavy (non-hydrogen) atoms. The largest absolute Gasteiger partial charge is 0.496 e. The molecule has 5 nitrogen and oxygen atoms in total. The Kier molecular flexibility index (Phi) is 5.53. The Balaban J connectivity index is 1.56. The minimum atomic E-state index is -0.253. The standard InChI is InChI=1S/C24H24N2O3/c1-28-23-11-10-18(15-25)12-22(23)19-13-20-8-5-9-21(14-19)26(20)24(27)29-16-17-6-3-2-4-7-17/h2-4,6-7,10-13,20-21H,5,8-9,14,16H2,1H3. The van der Waals surface area contributed by atoms with Gasteiger partial charge in [-0.3, -0.25) is 4.90 Å². The van der Waals surface area contributed by atoms with Crippen molar-refractivity contribution in [3.63, 3.8) is 0 Å². The number of hydrogen-bond donors (Lipinski definition) is 0. The SMILES string of the molecule is COc1ccc(C#N)cc1C1=CC2CCCC(C1)N2C(=O)OCc1ccccc1. The number of ether oxygens (including phenoxy) is 2. The van der Waals surface area contributed by atoms with Crippen molar-refractivity contribution in [3.05, 3.63) is 71.3 Å². The van der Waals surface area contributed by atoms with Gasteiger partial charge in [0.05, 0.1) is 24.8 Å². The second kappa shape index (κ2) is 8.40. The quantitative estimate of drug-likeness (QED) is 0.746. The summed E-state index contributed by atoms with van der Waals surface area (Å²) in [5.74, 6) is 0.758. The summed E-state index contributed by atoms with van der Waals surface area (Å²) in [6.45, 7) is 0.282. The highest BCUT2D eigenvalue weighted by Gasteiger charge is 2.38. The third-order valence-electron chi connectivity index (χ3n) is 5.73. The van der Waals surface area contributed by atoms with Crippen LogP contribution in [0, 0.1) is 11.3 Å². The molecule has 2 aromatic carbocycles. The molecule has 0 aromatic heterocycles. The van der Waals surface area contributed by atoms with Gasteiger partial charge in [-0.1, -0.05) is 36.4 Å². The number of amides is 1. The fourth-order valence-corrected chi connectivity index (χ4v) is 4.34. The van der Waals surface area contributed by atoms with Crippen molar-refractivity contribution in [2.24, 2.45) is 0 Å². The van der Waals surface area contributed by atoms with Crippen molar-refractivity contribution in [2.45, 2.75) is 44.4 Å². The van der Waals surface area contributed by atoms with Gasteiger partial charge in [-0.25, -0.2) is 4.79 Å². The molecule has 1 fully saturated rings. The zero-order chi connectivity index (χ0) is 20.2. The highest BCUT2D eigenvalue weighted by molar-refractivity contribution is 5.77. The first-order valence-corrected chi connectivity index (χ1v) is 9.98. The van der Waals surface area contributed by atoms with Crippen LogP contribution >= 0.6 is 0 Å². The predicted molar refractivity (Wildman–Crippen MR) is 110 cm³/mol. The third kappa shape index (κ3) is 3.97. The molecule has 2 heterocycles. The Morgan fingerprint density at radius 1 is 1.21 bits per heavy atom. The van der Waals surface area contributed by atoms with Gasteiger partial charge in [0.25, 0.3) is 0 Å². The molecule has 0 saturated carbocycles. The van der Waals surface area contributed by atoms with Crippen molar-refractivity contribution in [1.29, 1.82) is 5.26 Å². The molecule has 5 heteroatoms. The van der Waals surface area contributed by atoms with E-state index in [1.165, 1.54) is 0 Å². The Labute approximate surface area is 171 Å². The van der Waals surface area contributed by atoms with E-state index >= 15 is 0 Å². The number of methoxy groups -OCH3 is 1. The number of carbonyl (C=O) groups excluding carboxylic acids is 1. The van der Waals surface area contributed by atoms with E-state index in [1.54, 1.807) is 13.2 Å². The molecular formula is C24H24N2O3. The average molecular weight is 388 g/mol. The summed E-state index contributed by atoms with van der Waals surface area (Å²) >= 11 is 0. The van der Waals surface area contributed by atoms with Gasteiger partial charge in [0, 0.05) is 11.6 Å². The molecule has 1 amide bonds. The minimum absolute atomic E-state index is 0.0104. The molecule has 0 aliphatic carbocycles. The molecule has 0 N–H and O–H groups in total. The maximum absolute atomic E-state index is 12.9. The van der Waals surface area contributed by atoms with Gasteiger partial charge in [-0.05, 0) is 55.0 Å². The van der Waals surface area contributed by atoms with E-state index in [2.05, 4.69) is 12.1 Å². The van der Waals surface area contributed by atoms with Crippen molar-refractivity contribution >= 4 is 11.7 Å². The van der Waals surface area contributed by atoms with E-state index in [1.807, 2.05) is 47.4 Å². The average Bonchev–Trinajstić information content (AvgIpc) is 2.76. The molecule has 2 bridgehead atoms. The summed E-state index contributed by atoms with van der Waals surface area (Å²) in [7, 11) is 1.64. The second-order valence-corrected chi connectivity index (χ2v) is 7.52. The number of piperidine rings is 1. The number of nitriles is 1. The summed E-state index contributed by atoms with van der Waals surface area (Å²) in [5, 5.41) is 9.27. The lowest BCUT2D eigenvalue weighted by Crippen LogP contribution is -2.51. The molecule has 2 aliphatic heterocycles. The Morgan fingerprint density at radius 2 is 2.03 bits per heavy atom. The lowest BCUT2D eigenvalue weighted by atomic mass is 9.82. The summed E-state index contributed by atoms with van der Waals surface area (Å²) in [4.78, 5) is 14.8. The van der Waals surface area contributed by atoms with Crippen LogP contribution in [0.3, 0.4) is 0 Å². The van der Waals surface area contributed by atoms with Gasteiger partial charge >= 0.3 is 6.09 Å². The van der Waals surface area contributed by atoms with E-state index in [-0.39, 0.29) is 24.8 Å². The van der Waals surface area contributed by atoms with Gasteiger partial charge in [0.2, 0.25) is 0 Å². The van der Waals surface area contributed by atoms with Crippen LogP contribution in [0.1, 0.15) is 42.4 Å². The second-order valence-electron chi connectivity index (χ2n) is 7.52. The first-order chi connectivity index (χ1) is 14.2. The van der Waals surface area contributed by atoms with Crippen LogP contribution in [0.2, 0.25) is 0 Å². The number of hydrogen-bond acceptors (Lipinski definition) is 4. The molecule has 2 unspecified atom stereocenters. The van der Waals surface area contributed by atoms with E-state index in [0.717, 1.165) is 48.1 Å². The third-order valence-corrected chi connectivity index (χ3v) is 5.73. The predicted octanol–water partition coefficient (Wildman–Crippen LogP) is 4.91. The molecule has 2 aliphatic rings. The van der Waals surface area contributed by atoms with Crippen molar-refractivity contribution < 1.29 is 14.3 Å². The van der Waals surface area contributed by atoms with Crippen LogP contribution in [0.25, 0.3) is 5.57 Å². The van der Waals surface area contributed by atoms with Crippen LogP contribution in [-0.2, 0) is 11.3 Å². The Morgan fingerprint density at radius 3 is 2.76 bits per heavy atom. The molecule has 148 valence electrons. The number of carbonyl (C=O) groups is 1. The molecule has 1 saturated heterocycles. The molecule has 0 radical (unpaired) electrons. The normalized spacial score (nSPS) is 20.4. The Hall–Kier alpha value is -3.26. The van der Waals surface area contributed by atoms with Crippen LogP contribution < -0.4 is 4.74 Å². The van der Waals surface area contributed by atoms with Gasteiger partial charge in [0.15, 0.2) is 0 Å². The smallest absolute Gasteiger partial charge is 0.410 e. The fraction of sp³-hybridized carbons (Fsp3) is 0.333. The summed E-state index contributed by atoms with van der Waals surface area (Å²) < 4.78 is 11.1. The van der Waals surface area contributed by atoms with Gasteiger partial charge in [0.1, 0.15) is 12.4 Å². The molecular weight excluding hydrogens is 364 g/mol. The maximum Gasteiger partial charge on any atom is 0.410 e. The highest BCUT2D eigenvalue weighted by atomic mass is 16.6. The number of fused-ring (bicyclic) bond motifs is 2. The fourth-order valence-electron chi connectivity index (χ4n) is 4.34. The molecule has 2 atom stereocenters. The molecule has 2 aromatic rings. The van der Waals surface area contributed by atoms with E-state index < -0.39 is 0 Å².